The molecular formula is C22H18FN5O3. The number of amides is 1. The average molecular weight is 419 g/mol. The zero-order valence-electron chi connectivity index (χ0n) is 16.6. The van der Waals surface area contributed by atoms with E-state index in [1.807, 2.05) is 24.3 Å². The molecule has 1 aromatic carbocycles. The van der Waals surface area contributed by atoms with Crippen molar-refractivity contribution in [2.75, 3.05) is 13.7 Å². The minimum absolute atomic E-state index is 0.0994. The molecule has 0 fully saturated rings. The lowest BCUT2D eigenvalue weighted by Crippen LogP contribution is -2.40. The van der Waals surface area contributed by atoms with E-state index < -0.39 is 5.82 Å². The predicted octanol–water partition coefficient (Wildman–Crippen LogP) is 2.43. The molecule has 4 aromatic rings. The Morgan fingerprint density at radius 1 is 1.26 bits per heavy atom. The highest BCUT2D eigenvalue weighted by Crippen LogP contribution is 2.27. The number of nitrogens with one attached hydrogen (secondary N) is 1. The lowest BCUT2D eigenvalue weighted by molar-refractivity contribution is 0.0733. The molecule has 0 aliphatic carbocycles. The number of halogens is 1. The second-order valence-corrected chi connectivity index (χ2v) is 7.29. The molecule has 1 aliphatic rings. The van der Waals surface area contributed by atoms with Crippen LogP contribution < -0.4 is 10.3 Å². The van der Waals surface area contributed by atoms with E-state index in [1.165, 1.54) is 22.7 Å². The van der Waals surface area contributed by atoms with E-state index in [2.05, 4.69) is 15.2 Å². The van der Waals surface area contributed by atoms with E-state index in [4.69, 9.17) is 4.74 Å². The highest BCUT2D eigenvalue weighted by Gasteiger charge is 2.28. The van der Waals surface area contributed by atoms with Crippen LogP contribution in [0, 0.1) is 5.82 Å². The van der Waals surface area contributed by atoms with Gasteiger partial charge in [0, 0.05) is 24.7 Å². The Labute approximate surface area is 175 Å². The standard InChI is InChI=1S/C22H18FN5O3/c1-31-15-4-2-3-13(9-15)20-16(10-24-26-20)21(29)27-8-7-18-17(12-27)22(30)28-11-14(23)5-6-19(28)25-18/h2-6,9-11H,7-8,12H2,1H3,(H,24,26). The molecule has 4 heterocycles. The summed E-state index contributed by atoms with van der Waals surface area (Å²) in [5.74, 6) is -0.113. The number of ether oxygens (including phenoxy) is 1. The van der Waals surface area contributed by atoms with Crippen molar-refractivity contribution in [1.82, 2.24) is 24.5 Å². The molecule has 0 saturated carbocycles. The van der Waals surface area contributed by atoms with Crippen molar-refractivity contribution >= 4 is 11.6 Å². The number of benzene rings is 1. The van der Waals surface area contributed by atoms with Crippen LogP contribution in [-0.2, 0) is 13.0 Å². The quantitative estimate of drug-likeness (QED) is 0.551. The molecule has 0 bridgehead atoms. The predicted molar refractivity (Wildman–Crippen MR) is 110 cm³/mol. The number of aromatic nitrogens is 4. The second-order valence-electron chi connectivity index (χ2n) is 7.29. The summed E-state index contributed by atoms with van der Waals surface area (Å²) in [6, 6.07) is 10.1. The van der Waals surface area contributed by atoms with Gasteiger partial charge in [0.15, 0.2) is 0 Å². The lowest BCUT2D eigenvalue weighted by atomic mass is 10.0. The molecule has 3 aromatic heterocycles. The Morgan fingerprint density at radius 3 is 2.97 bits per heavy atom. The van der Waals surface area contributed by atoms with Crippen molar-refractivity contribution in [2.45, 2.75) is 13.0 Å². The number of rotatable bonds is 3. The van der Waals surface area contributed by atoms with Gasteiger partial charge < -0.3 is 9.64 Å². The van der Waals surface area contributed by atoms with E-state index in [0.717, 1.165) is 11.8 Å². The Balaban J connectivity index is 1.49. The number of methoxy groups -OCH3 is 1. The van der Waals surface area contributed by atoms with Gasteiger partial charge in [-0.15, -0.1) is 0 Å². The summed E-state index contributed by atoms with van der Waals surface area (Å²) in [7, 11) is 1.57. The number of hydrogen-bond donors (Lipinski definition) is 1. The van der Waals surface area contributed by atoms with E-state index in [0.29, 0.717) is 46.9 Å². The number of aromatic amines is 1. The van der Waals surface area contributed by atoms with Crippen LogP contribution >= 0.6 is 0 Å². The van der Waals surface area contributed by atoms with Gasteiger partial charge in [-0.25, -0.2) is 9.37 Å². The van der Waals surface area contributed by atoms with Crippen LogP contribution in [-0.4, -0.2) is 44.0 Å². The third kappa shape index (κ3) is 3.24. The van der Waals surface area contributed by atoms with Gasteiger partial charge in [-0.2, -0.15) is 5.10 Å². The van der Waals surface area contributed by atoms with Crippen LogP contribution in [0.4, 0.5) is 4.39 Å². The molecule has 8 nitrogen and oxygen atoms in total. The van der Waals surface area contributed by atoms with E-state index >= 15 is 0 Å². The summed E-state index contributed by atoms with van der Waals surface area (Å²) in [4.78, 5) is 32.3. The van der Waals surface area contributed by atoms with Crippen molar-refractivity contribution in [2.24, 2.45) is 0 Å². The number of hydrogen-bond acceptors (Lipinski definition) is 5. The Bertz CT molecular complexity index is 1380. The molecule has 31 heavy (non-hydrogen) atoms. The molecule has 0 spiro atoms. The first-order chi connectivity index (χ1) is 15.0. The highest BCUT2D eigenvalue weighted by molar-refractivity contribution is 5.99. The van der Waals surface area contributed by atoms with Gasteiger partial charge in [0.1, 0.15) is 17.2 Å². The molecule has 1 N–H and O–H groups in total. The topological polar surface area (TPSA) is 92.6 Å². The third-order valence-corrected chi connectivity index (χ3v) is 5.45. The van der Waals surface area contributed by atoms with Crippen LogP contribution in [0.25, 0.3) is 16.9 Å². The van der Waals surface area contributed by atoms with E-state index in [1.54, 1.807) is 12.0 Å². The van der Waals surface area contributed by atoms with Gasteiger partial charge in [-0.3, -0.25) is 19.1 Å². The summed E-state index contributed by atoms with van der Waals surface area (Å²) in [6.07, 6.45) is 3.03. The number of carbonyl (C=O) groups excluding carboxylic acids is 1. The average Bonchev–Trinajstić information content (AvgIpc) is 3.29. The number of nitrogens with zero attached hydrogens (tertiary/aromatic N) is 4. The second kappa shape index (κ2) is 7.35. The minimum atomic E-state index is -0.526. The number of carbonyl (C=O) groups is 1. The third-order valence-electron chi connectivity index (χ3n) is 5.45. The van der Waals surface area contributed by atoms with E-state index in [9.17, 15) is 14.0 Å². The van der Waals surface area contributed by atoms with Gasteiger partial charge in [-0.1, -0.05) is 12.1 Å². The van der Waals surface area contributed by atoms with Crippen LogP contribution in [0.3, 0.4) is 0 Å². The zero-order chi connectivity index (χ0) is 21.5. The molecule has 0 atom stereocenters. The molecule has 1 aliphatic heterocycles. The molecule has 0 saturated heterocycles. The Kier molecular flexibility index (Phi) is 4.50. The molecule has 9 heteroatoms. The van der Waals surface area contributed by atoms with Gasteiger partial charge in [-0.05, 0) is 24.3 Å². The normalized spacial score (nSPS) is 13.3. The largest absolute Gasteiger partial charge is 0.497 e. The maximum atomic E-state index is 13.6. The molecule has 5 rings (SSSR count). The minimum Gasteiger partial charge on any atom is -0.497 e. The van der Waals surface area contributed by atoms with Gasteiger partial charge >= 0.3 is 0 Å². The van der Waals surface area contributed by atoms with Crippen LogP contribution in [0.2, 0.25) is 0 Å². The molecule has 1 amide bonds. The van der Waals surface area contributed by atoms with Gasteiger partial charge in [0.05, 0.1) is 42.4 Å². The molecule has 0 unspecified atom stereocenters. The molecule has 156 valence electrons. The van der Waals surface area contributed by atoms with Crippen LogP contribution in [0.1, 0.15) is 21.6 Å². The first-order valence-electron chi connectivity index (χ1n) is 9.72. The Hall–Kier alpha value is -4.01. The monoisotopic (exact) mass is 419 g/mol. The fourth-order valence-electron chi connectivity index (χ4n) is 3.86. The Morgan fingerprint density at radius 2 is 2.13 bits per heavy atom. The first kappa shape index (κ1) is 19.0. The summed E-state index contributed by atoms with van der Waals surface area (Å²) >= 11 is 0. The highest BCUT2D eigenvalue weighted by atomic mass is 19.1. The fraction of sp³-hybridized carbons (Fsp3) is 0.182. The van der Waals surface area contributed by atoms with Crippen molar-refractivity contribution < 1.29 is 13.9 Å². The van der Waals surface area contributed by atoms with Crippen LogP contribution in [0.15, 0.2) is 53.6 Å². The van der Waals surface area contributed by atoms with E-state index in [-0.39, 0.29) is 18.0 Å². The van der Waals surface area contributed by atoms with Crippen molar-refractivity contribution in [3.8, 4) is 17.0 Å². The van der Waals surface area contributed by atoms with Gasteiger partial charge in [0.25, 0.3) is 11.5 Å². The fourth-order valence-corrected chi connectivity index (χ4v) is 3.86. The van der Waals surface area contributed by atoms with Crippen molar-refractivity contribution in [3.05, 3.63) is 81.8 Å². The number of pyridine rings is 1. The number of H-pyrrole nitrogens is 1. The summed E-state index contributed by atoms with van der Waals surface area (Å²) in [5, 5.41) is 6.93. The SMILES string of the molecule is COc1cccc(-c2[nH]ncc2C(=O)N2CCc3nc4ccc(F)cn4c(=O)c3C2)c1. The van der Waals surface area contributed by atoms with Crippen molar-refractivity contribution in [1.29, 1.82) is 0 Å². The zero-order valence-corrected chi connectivity index (χ0v) is 16.6. The molecule has 0 radical (unpaired) electrons. The lowest BCUT2D eigenvalue weighted by Gasteiger charge is -2.28. The summed E-state index contributed by atoms with van der Waals surface area (Å²) < 4.78 is 20.1. The van der Waals surface area contributed by atoms with Crippen LogP contribution in [0.5, 0.6) is 5.75 Å². The van der Waals surface area contributed by atoms with Gasteiger partial charge in [0.2, 0.25) is 0 Å². The summed E-state index contributed by atoms with van der Waals surface area (Å²) in [5.41, 5.74) is 2.80. The maximum Gasteiger partial charge on any atom is 0.263 e. The first-order valence-corrected chi connectivity index (χ1v) is 9.72. The van der Waals surface area contributed by atoms with Crippen molar-refractivity contribution in [3.63, 3.8) is 0 Å². The smallest absolute Gasteiger partial charge is 0.263 e. The summed E-state index contributed by atoms with van der Waals surface area (Å²) in [6.45, 7) is 0.514. The molecular weight excluding hydrogens is 401 g/mol. The maximum absolute atomic E-state index is 13.6. The number of fused-ring (bicyclic) bond motifs is 2.